The van der Waals surface area contributed by atoms with Crippen molar-refractivity contribution < 1.29 is 17.6 Å². The molecule has 0 bridgehead atoms. The first-order valence-corrected chi connectivity index (χ1v) is 10.1. The zero-order valence-corrected chi connectivity index (χ0v) is 17.1. The van der Waals surface area contributed by atoms with E-state index in [0.29, 0.717) is 5.69 Å². The normalized spacial score (nSPS) is 11.5. The van der Waals surface area contributed by atoms with Gasteiger partial charge in [-0.3, -0.25) is 4.79 Å². The lowest BCUT2D eigenvalue weighted by molar-refractivity contribution is -0.116. The lowest BCUT2D eigenvalue weighted by atomic mass is 9.95. The summed E-state index contributed by atoms with van der Waals surface area (Å²) in [6, 6.07) is 5.38. The highest BCUT2D eigenvalue weighted by molar-refractivity contribution is 7.89. The molecule has 2 aromatic rings. The van der Waals surface area contributed by atoms with Crippen LogP contribution in [0.1, 0.15) is 34.2 Å². The topological polar surface area (TPSA) is 75.3 Å². The summed E-state index contributed by atoms with van der Waals surface area (Å²) >= 11 is 0. The summed E-state index contributed by atoms with van der Waals surface area (Å²) in [6.45, 7) is 9.36. The number of hydrogen-bond donors (Lipinski definition) is 2. The molecule has 0 saturated carbocycles. The number of carbonyl (C=O) groups excluding carboxylic acids is 1. The molecule has 0 atom stereocenters. The van der Waals surface area contributed by atoms with Crippen LogP contribution in [0.15, 0.2) is 29.2 Å². The molecule has 0 unspecified atom stereocenters. The molecule has 0 radical (unpaired) electrons. The van der Waals surface area contributed by atoms with E-state index in [9.17, 15) is 17.6 Å². The average Bonchev–Trinajstić information content (AvgIpc) is 2.60. The number of sulfonamides is 1. The first kappa shape index (κ1) is 21.1. The van der Waals surface area contributed by atoms with Gasteiger partial charge >= 0.3 is 0 Å². The summed E-state index contributed by atoms with van der Waals surface area (Å²) in [5.74, 6) is -0.746. The number of benzene rings is 2. The number of halogens is 1. The van der Waals surface area contributed by atoms with E-state index >= 15 is 0 Å². The Labute approximate surface area is 160 Å². The highest BCUT2D eigenvalue weighted by Crippen LogP contribution is 2.29. The van der Waals surface area contributed by atoms with Crippen LogP contribution < -0.4 is 10.0 Å². The van der Waals surface area contributed by atoms with Crippen LogP contribution in [0.3, 0.4) is 0 Å². The first-order valence-electron chi connectivity index (χ1n) is 8.66. The Morgan fingerprint density at radius 3 is 1.89 bits per heavy atom. The van der Waals surface area contributed by atoms with Crippen molar-refractivity contribution in [3.05, 3.63) is 57.9 Å². The molecule has 2 rings (SSSR count). The fourth-order valence-electron chi connectivity index (χ4n) is 3.00. The van der Waals surface area contributed by atoms with E-state index in [4.69, 9.17) is 0 Å². The molecule has 7 heteroatoms. The summed E-state index contributed by atoms with van der Waals surface area (Å²) in [6.07, 6.45) is -0.0292. The number of hydrogen-bond acceptors (Lipinski definition) is 3. The third-order valence-electron chi connectivity index (χ3n) is 4.97. The monoisotopic (exact) mass is 392 g/mol. The SMILES string of the molecule is Cc1c(C)c(C)c(S(=O)(=O)NCCC(=O)Nc2ccc(F)cc2)c(C)c1C. The zero-order chi connectivity index (χ0) is 20.4. The zero-order valence-electron chi connectivity index (χ0n) is 16.2. The van der Waals surface area contributed by atoms with Crippen LogP contribution in [-0.4, -0.2) is 20.9 Å². The maximum atomic E-state index is 12.9. The van der Waals surface area contributed by atoms with Crippen LogP contribution in [0.5, 0.6) is 0 Å². The first-order chi connectivity index (χ1) is 12.5. The van der Waals surface area contributed by atoms with Crippen molar-refractivity contribution >= 4 is 21.6 Å². The highest BCUT2D eigenvalue weighted by Gasteiger charge is 2.23. The largest absolute Gasteiger partial charge is 0.326 e. The molecule has 2 aromatic carbocycles. The Hall–Kier alpha value is -2.25. The third kappa shape index (κ3) is 4.73. The smallest absolute Gasteiger partial charge is 0.241 e. The minimum absolute atomic E-state index is 0.0276. The van der Waals surface area contributed by atoms with Gasteiger partial charge in [-0.1, -0.05) is 0 Å². The van der Waals surface area contributed by atoms with Crippen molar-refractivity contribution in [1.82, 2.24) is 4.72 Å². The summed E-state index contributed by atoms with van der Waals surface area (Å²) in [4.78, 5) is 12.2. The van der Waals surface area contributed by atoms with Crippen molar-refractivity contribution in [2.24, 2.45) is 0 Å². The fourth-order valence-corrected chi connectivity index (χ4v) is 4.62. The van der Waals surface area contributed by atoms with Crippen LogP contribution >= 0.6 is 0 Å². The van der Waals surface area contributed by atoms with Gasteiger partial charge in [-0.2, -0.15) is 0 Å². The number of anilines is 1. The Bertz CT molecular complexity index is 939. The molecule has 0 fully saturated rings. The van der Waals surface area contributed by atoms with Gasteiger partial charge in [0.25, 0.3) is 0 Å². The van der Waals surface area contributed by atoms with Gasteiger partial charge in [-0.05, 0) is 86.7 Å². The van der Waals surface area contributed by atoms with Crippen LogP contribution in [-0.2, 0) is 14.8 Å². The van der Waals surface area contributed by atoms with E-state index in [1.54, 1.807) is 13.8 Å². The van der Waals surface area contributed by atoms with Gasteiger partial charge in [0, 0.05) is 18.7 Å². The van der Waals surface area contributed by atoms with Gasteiger partial charge in [0.05, 0.1) is 4.90 Å². The number of amides is 1. The molecule has 0 saturated heterocycles. The predicted octanol–water partition coefficient (Wildman–Crippen LogP) is 3.67. The second-order valence-electron chi connectivity index (χ2n) is 6.66. The molecule has 1 amide bonds. The average molecular weight is 392 g/mol. The highest BCUT2D eigenvalue weighted by atomic mass is 32.2. The summed E-state index contributed by atoms with van der Waals surface area (Å²) in [5, 5.41) is 2.60. The molecule has 5 nitrogen and oxygen atoms in total. The summed E-state index contributed by atoms with van der Waals surface area (Å²) in [5.41, 5.74) is 4.89. The second-order valence-corrected chi connectivity index (χ2v) is 8.36. The van der Waals surface area contributed by atoms with Gasteiger partial charge in [0.15, 0.2) is 0 Å². The number of nitrogens with one attached hydrogen (secondary N) is 2. The minimum Gasteiger partial charge on any atom is -0.326 e. The Morgan fingerprint density at radius 2 is 1.37 bits per heavy atom. The van der Waals surface area contributed by atoms with Gasteiger partial charge < -0.3 is 5.32 Å². The standard InChI is InChI=1S/C20H25FN2O3S/c1-12-13(2)15(4)20(16(5)14(12)3)27(25,26)22-11-10-19(24)23-18-8-6-17(21)7-9-18/h6-9,22H,10-11H2,1-5H3,(H,23,24). The van der Waals surface area contributed by atoms with E-state index in [2.05, 4.69) is 10.0 Å². The van der Waals surface area contributed by atoms with Crippen molar-refractivity contribution in [3.63, 3.8) is 0 Å². The molecule has 0 aliphatic carbocycles. The van der Waals surface area contributed by atoms with Crippen LogP contribution in [0.25, 0.3) is 0 Å². The lowest BCUT2D eigenvalue weighted by Gasteiger charge is -2.19. The van der Waals surface area contributed by atoms with Crippen molar-refractivity contribution in [1.29, 1.82) is 0 Å². The van der Waals surface area contributed by atoms with Crippen molar-refractivity contribution in [2.75, 3.05) is 11.9 Å². The number of rotatable bonds is 6. The van der Waals surface area contributed by atoms with E-state index < -0.39 is 15.8 Å². The van der Waals surface area contributed by atoms with E-state index in [1.807, 2.05) is 20.8 Å². The van der Waals surface area contributed by atoms with Crippen molar-refractivity contribution in [2.45, 2.75) is 45.9 Å². The Kier molecular flexibility index (Phi) is 6.38. The van der Waals surface area contributed by atoms with Gasteiger partial charge in [0.2, 0.25) is 15.9 Å². The van der Waals surface area contributed by atoms with Crippen LogP contribution in [0.2, 0.25) is 0 Å². The minimum atomic E-state index is -3.74. The molecule has 0 heterocycles. The number of carbonyl (C=O) groups is 1. The molecule has 0 aliphatic rings. The summed E-state index contributed by atoms with van der Waals surface area (Å²) < 4.78 is 40.9. The van der Waals surface area contributed by atoms with Crippen molar-refractivity contribution in [3.8, 4) is 0 Å². The van der Waals surface area contributed by atoms with Gasteiger partial charge in [-0.25, -0.2) is 17.5 Å². The predicted molar refractivity (Wildman–Crippen MR) is 105 cm³/mol. The second kappa shape index (κ2) is 8.19. The van der Waals surface area contributed by atoms with Gasteiger partial charge in [-0.15, -0.1) is 0 Å². The third-order valence-corrected chi connectivity index (χ3v) is 6.71. The molecule has 2 N–H and O–H groups in total. The summed E-state index contributed by atoms with van der Waals surface area (Å²) in [7, 11) is -3.74. The maximum Gasteiger partial charge on any atom is 0.241 e. The van der Waals surface area contributed by atoms with E-state index in [-0.39, 0.29) is 23.8 Å². The van der Waals surface area contributed by atoms with Crippen LogP contribution in [0, 0.1) is 40.4 Å². The molecule has 0 aliphatic heterocycles. The Morgan fingerprint density at radius 1 is 0.889 bits per heavy atom. The Balaban J connectivity index is 2.07. The molecule has 0 spiro atoms. The quantitative estimate of drug-likeness (QED) is 0.788. The van der Waals surface area contributed by atoms with Crippen LogP contribution in [0.4, 0.5) is 10.1 Å². The molecule has 27 heavy (non-hydrogen) atoms. The molecule has 0 aromatic heterocycles. The maximum absolute atomic E-state index is 12.9. The fraction of sp³-hybridized carbons (Fsp3) is 0.350. The van der Waals surface area contributed by atoms with E-state index in [0.717, 1.165) is 27.8 Å². The molecule has 146 valence electrons. The van der Waals surface area contributed by atoms with E-state index in [1.165, 1.54) is 24.3 Å². The molecular formula is C20H25FN2O3S. The van der Waals surface area contributed by atoms with Gasteiger partial charge in [0.1, 0.15) is 5.82 Å². The molecular weight excluding hydrogens is 367 g/mol. The lowest BCUT2D eigenvalue weighted by Crippen LogP contribution is -2.29.